The molecule has 6 nitrogen and oxygen atoms in total. The number of hydrogen-bond acceptors (Lipinski definition) is 6. The second-order valence-electron chi connectivity index (χ2n) is 6.80. The first-order chi connectivity index (χ1) is 13.6. The van der Waals surface area contributed by atoms with Gasteiger partial charge in [-0.1, -0.05) is 36.0 Å². The number of aromatic nitrogens is 3. The number of thioether (sulfide) groups is 1. The molecule has 28 heavy (non-hydrogen) atoms. The summed E-state index contributed by atoms with van der Waals surface area (Å²) in [4.78, 5) is 15.7. The Morgan fingerprint density at radius 1 is 1.14 bits per heavy atom. The second kappa shape index (κ2) is 8.46. The van der Waals surface area contributed by atoms with Gasteiger partial charge in [0.05, 0.1) is 22.8 Å². The molecule has 1 saturated heterocycles. The predicted molar refractivity (Wildman–Crippen MR) is 112 cm³/mol. The van der Waals surface area contributed by atoms with E-state index in [0.717, 1.165) is 21.5 Å². The molecule has 8 heteroatoms. The van der Waals surface area contributed by atoms with Gasteiger partial charge in [0.15, 0.2) is 11.0 Å². The minimum Gasteiger partial charge on any atom is -0.372 e. The molecule has 1 aliphatic heterocycles. The molecule has 2 atom stereocenters. The van der Waals surface area contributed by atoms with Gasteiger partial charge in [0.1, 0.15) is 0 Å². The standard InChI is InChI=1S/C20H22N4O2S2/c1-14-11-23(12-15(2)26-14)18(25)13-28-20-22-21-19(17-9-6-10-27-17)24(20)16-7-4-3-5-8-16/h3-10,14-15H,11-13H2,1-2H3. The van der Waals surface area contributed by atoms with E-state index in [0.29, 0.717) is 18.8 Å². The summed E-state index contributed by atoms with van der Waals surface area (Å²) in [5.41, 5.74) is 0.986. The minimum absolute atomic E-state index is 0.0658. The monoisotopic (exact) mass is 414 g/mol. The summed E-state index contributed by atoms with van der Waals surface area (Å²) < 4.78 is 7.75. The maximum Gasteiger partial charge on any atom is 0.233 e. The Kier molecular flexibility index (Phi) is 5.79. The fraction of sp³-hybridized carbons (Fsp3) is 0.350. The first-order valence-electron chi connectivity index (χ1n) is 9.22. The van der Waals surface area contributed by atoms with Crippen LogP contribution in [0.3, 0.4) is 0 Å². The normalized spacial score (nSPS) is 19.7. The van der Waals surface area contributed by atoms with Crippen molar-refractivity contribution >= 4 is 29.0 Å². The van der Waals surface area contributed by atoms with Gasteiger partial charge in [-0.05, 0) is 37.4 Å². The van der Waals surface area contributed by atoms with Crippen molar-refractivity contribution in [2.24, 2.45) is 0 Å². The van der Waals surface area contributed by atoms with Crippen molar-refractivity contribution < 1.29 is 9.53 Å². The number of thiophene rings is 1. The lowest BCUT2D eigenvalue weighted by Gasteiger charge is -2.35. The Morgan fingerprint density at radius 3 is 2.57 bits per heavy atom. The number of rotatable bonds is 5. The van der Waals surface area contributed by atoms with Crippen LogP contribution in [0.15, 0.2) is 53.0 Å². The van der Waals surface area contributed by atoms with Crippen LogP contribution >= 0.6 is 23.1 Å². The number of morpholine rings is 1. The fourth-order valence-corrected chi connectivity index (χ4v) is 4.89. The Morgan fingerprint density at radius 2 is 1.89 bits per heavy atom. The van der Waals surface area contributed by atoms with Crippen LogP contribution in [0.2, 0.25) is 0 Å². The van der Waals surface area contributed by atoms with E-state index in [-0.39, 0.29) is 18.1 Å². The predicted octanol–water partition coefficient (Wildman–Crippen LogP) is 3.72. The SMILES string of the molecule is CC1CN(C(=O)CSc2nnc(-c3cccs3)n2-c2ccccc2)CC(C)O1. The third-order valence-corrected chi connectivity index (χ3v) is 6.27. The Labute approximate surface area is 172 Å². The van der Waals surface area contributed by atoms with E-state index in [1.165, 1.54) is 11.8 Å². The molecule has 1 aromatic carbocycles. The smallest absolute Gasteiger partial charge is 0.233 e. The molecule has 0 aliphatic carbocycles. The number of hydrogen-bond donors (Lipinski definition) is 0. The van der Waals surface area contributed by atoms with Crippen molar-refractivity contribution in [1.82, 2.24) is 19.7 Å². The van der Waals surface area contributed by atoms with Gasteiger partial charge in [-0.2, -0.15) is 0 Å². The molecule has 1 amide bonds. The van der Waals surface area contributed by atoms with Crippen LogP contribution in [-0.2, 0) is 9.53 Å². The maximum absolute atomic E-state index is 12.7. The zero-order valence-electron chi connectivity index (χ0n) is 15.8. The number of amides is 1. The van der Waals surface area contributed by atoms with Crippen LogP contribution in [0, 0.1) is 0 Å². The van der Waals surface area contributed by atoms with E-state index < -0.39 is 0 Å². The summed E-state index contributed by atoms with van der Waals surface area (Å²) in [6.45, 7) is 5.27. The van der Waals surface area contributed by atoms with Gasteiger partial charge in [-0.15, -0.1) is 21.5 Å². The molecule has 1 fully saturated rings. The molecule has 4 rings (SSSR count). The number of nitrogens with zero attached hydrogens (tertiary/aromatic N) is 4. The first kappa shape index (κ1) is 19.2. The van der Waals surface area contributed by atoms with Crippen LogP contribution in [0.5, 0.6) is 0 Å². The number of carbonyl (C=O) groups is 1. The van der Waals surface area contributed by atoms with Gasteiger partial charge < -0.3 is 9.64 Å². The summed E-state index contributed by atoms with van der Waals surface area (Å²) in [5.74, 6) is 1.23. The summed E-state index contributed by atoms with van der Waals surface area (Å²) in [6.07, 6.45) is 0.132. The highest BCUT2D eigenvalue weighted by atomic mass is 32.2. The van der Waals surface area contributed by atoms with Gasteiger partial charge in [-0.3, -0.25) is 9.36 Å². The largest absolute Gasteiger partial charge is 0.372 e. The van der Waals surface area contributed by atoms with Crippen molar-refractivity contribution in [3.63, 3.8) is 0 Å². The van der Waals surface area contributed by atoms with Crippen LogP contribution in [0.4, 0.5) is 0 Å². The Bertz CT molecular complexity index is 917. The molecule has 0 radical (unpaired) electrons. The van der Waals surface area contributed by atoms with Gasteiger partial charge in [0.25, 0.3) is 0 Å². The summed E-state index contributed by atoms with van der Waals surface area (Å²) in [6, 6.07) is 14.0. The fourth-order valence-electron chi connectivity index (χ4n) is 3.34. The molecule has 3 aromatic rings. The molecular formula is C20H22N4O2S2. The third-order valence-electron chi connectivity index (χ3n) is 4.49. The third kappa shape index (κ3) is 4.14. The minimum atomic E-state index is 0.0658. The summed E-state index contributed by atoms with van der Waals surface area (Å²) >= 11 is 3.05. The van der Waals surface area contributed by atoms with E-state index in [1.54, 1.807) is 11.3 Å². The lowest BCUT2D eigenvalue weighted by Crippen LogP contribution is -2.48. The molecule has 0 N–H and O–H groups in total. The quantitative estimate of drug-likeness (QED) is 0.596. The van der Waals surface area contributed by atoms with E-state index in [1.807, 2.05) is 71.2 Å². The Balaban J connectivity index is 1.56. The van der Waals surface area contributed by atoms with Crippen LogP contribution in [0.25, 0.3) is 16.4 Å². The maximum atomic E-state index is 12.7. The van der Waals surface area contributed by atoms with Gasteiger partial charge in [0, 0.05) is 18.8 Å². The van der Waals surface area contributed by atoms with Gasteiger partial charge in [-0.25, -0.2) is 0 Å². The number of benzene rings is 1. The van der Waals surface area contributed by atoms with Crippen LogP contribution < -0.4 is 0 Å². The van der Waals surface area contributed by atoms with Crippen molar-refractivity contribution in [1.29, 1.82) is 0 Å². The summed E-state index contributed by atoms with van der Waals surface area (Å²) in [5, 5.41) is 11.5. The number of para-hydroxylation sites is 1. The molecule has 3 heterocycles. The van der Waals surface area contributed by atoms with Crippen molar-refractivity contribution in [3.8, 4) is 16.4 Å². The van der Waals surface area contributed by atoms with Crippen LogP contribution in [0.1, 0.15) is 13.8 Å². The van der Waals surface area contributed by atoms with Gasteiger partial charge in [0.2, 0.25) is 5.91 Å². The average molecular weight is 415 g/mol. The van der Waals surface area contributed by atoms with Crippen molar-refractivity contribution in [2.45, 2.75) is 31.2 Å². The zero-order valence-corrected chi connectivity index (χ0v) is 17.4. The molecule has 1 aliphatic rings. The highest BCUT2D eigenvalue weighted by molar-refractivity contribution is 7.99. The topological polar surface area (TPSA) is 60.2 Å². The van der Waals surface area contributed by atoms with E-state index in [4.69, 9.17) is 4.74 Å². The molecule has 0 saturated carbocycles. The highest BCUT2D eigenvalue weighted by Gasteiger charge is 2.26. The lowest BCUT2D eigenvalue weighted by atomic mass is 10.2. The van der Waals surface area contributed by atoms with E-state index >= 15 is 0 Å². The van der Waals surface area contributed by atoms with E-state index in [9.17, 15) is 4.79 Å². The lowest BCUT2D eigenvalue weighted by molar-refractivity contribution is -0.140. The zero-order chi connectivity index (χ0) is 19.5. The summed E-state index contributed by atoms with van der Waals surface area (Å²) in [7, 11) is 0. The van der Waals surface area contributed by atoms with Crippen molar-refractivity contribution in [3.05, 3.63) is 47.8 Å². The first-order valence-corrected chi connectivity index (χ1v) is 11.1. The number of ether oxygens (including phenoxy) is 1. The van der Waals surface area contributed by atoms with Crippen molar-refractivity contribution in [2.75, 3.05) is 18.8 Å². The average Bonchev–Trinajstić information content (AvgIpc) is 3.35. The number of carbonyl (C=O) groups excluding carboxylic acids is 1. The molecule has 146 valence electrons. The van der Waals surface area contributed by atoms with Crippen LogP contribution in [-0.4, -0.2) is 56.6 Å². The van der Waals surface area contributed by atoms with E-state index in [2.05, 4.69) is 10.2 Å². The highest BCUT2D eigenvalue weighted by Crippen LogP contribution is 2.30. The molecule has 0 spiro atoms. The second-order valence-corrected chi connectivity index (χ2v) is 8.69. The molecule has 2 aromatic heterocycles. The Hall–Kier alpha value is -2.16. The van der Waals surface area contributed by atoms with Gasteiger partial charge >= 0.3 is 0 Å². The molecule has 2 unspecified atom stereocenters. The molecular weight excluding hydrogens is 392 g/mol. The molecule has 0 bridgehead atoms.